The minimum atomic E-state index is 0.507. The molecule has 0 saturated carbocycles. The lowest BCUT2D eigenvalue weighted by atomic mass is 9.85. The van der Waals surface area contributed by atoms with E-state index < -0.39 is 0 Å². The second-order valence-electron chi connectivity index (χ2n) is 7.29. The summed E-state index contributed by atoms with van der Waals surface area (Å²) in [7, 11) is 2.11. The van der Waals surface area contributed by atoms with Gasteiger partial charge < -0.3 is 5.32 Å². The highest BCUT2D eigenvalue weighted by molar-refractivity contribution is 5.37. The lowest BCUT2D eigenvalue weighted by Gasteiger charge is -2.32. The molecule has 0 aromatic heterocycles. The lowest BCUT2D eigenvalue weighted by molar-refractivity contribution is 0.169. The summed E-state index contributed by atoms with van der Waals surface area (Å²) in [6, 6.07) is 10.1. The number of rotatable bonds is 2. The van der Waals surface area contributed by atoms with Gasteiger partial charge in [-0.1, -0.05) is 38.1 Å². The Kier molecular flexibility index (Phi) is 3.87. The SMILES string of the molecule is CNC1c2ccccc2CC1N1CCCC(C)(C)CC1. The molecule has 1 N–H and O–H groups in total. The van der Waals surface area contributed by atoms with Gasteiger partial charge in [-0.25, -0.2) is 0 Å². The topological polar surface area (TPSA) is 15.3 Å². The van der Waals surface area contributed by atoms with Crippen LogP contribution in [0.3, 0.4) is 0 Å². The van der Waals surface area contributed by atoms with Crippen LogP contribution >= 0.6 is 0 Å². The average Bonchev–Trinajstić information content (AvgIpc) is 2.70. The van der Waals surface area contributed by atoms with E-state index in [0.29, 0.717) is 17.5 Å². The largest absolute Gasteiger partial charge is 0.312 e. The summed E-state index contributed by atoms with van der Waals surface area (Å²) < 4.78 is 0. The zero-order valence-electron chi connectivity index (χ0n) is 13.2. The molecule has 0 spiro atoms. The molecule has 0 amide bonds. The van der Waals surface area contributed by atoms with Gasteiger partial charge in [0.2, 0.25) is 0 Å². The number of fused-ring (bicyclic) bond motifs is 1. The minimum Gasteiger partial charge on any atom is -0.312 e. The smallest absolute Gasteiger partial charge is 0.0481 e. The Labute approximate surface area is 123 Å². The first-order chi connectivity index (χ1) is 9.61. The van der Waals surface area contributed by atoms with Crippen molar-refractivity contribution in [3.63, 3.8) is 0 Å². The van der Waals surface area contributed by atoms with E-state index in [9.17, 15) is 0 Å². The van der Waals surface area contributed by atoms with Gasteiger partial charge in [0.25, 0.3) is 0 Å². The van der Waals surface area contributed by atoms with Crippen LogP contribution in [0, 0.1) is 5.41 Å². The fraction of sp³-hybridized carbons (Fsp3) is 0.667. The van der Waals surface area contributed by atoms with Crippen LogP contribution in [0.15, 0.2) is 24.3 Å². The fourth-order valence-electron chi connectivity index (χ4n) is 4.04. The Bertz CT molecular complexity index is 466. The van der Waals surface area contributed by atoms with E-state index in [4.69, 9.17) is 0 Å². The van der Waals surface area contributed by atoms with E-state index in [2.05, 4.69) is 55.4 Å². The van der Waals surface area contributed by atoms with Gasteiger partial charge >= 0.3 is 0 Å². The van der Waals surface area contributed by atoms with Gasteiger partial charge in [-0.2, -0.15) is 0 Å². The van der Waals surface area contributed by atoms with E-state index in [0.717, 1.165) is 0 Å². The molecular weight excluding hydrogens is 244 g/mol. The Morgan fingerprint density at radius 2 is 1.95 bits per heavy atom. The third-order valence-electron chi connectivity index (χ3n) is 5.36. The highest BCUT2D eigenvalue weighted by Gasteiger charge is 2.36. The fourth-order valence-corrected chi connectivity index (χ4v) is 4.04. The van der Waals surface area contributed by atoms with Crippen molar-refractivity contribution in [2.45, 2.75) is 51.6 Å². The maximum atomic E-state index is 3.57. The quantitative estimate of drug-likeness (QED) is 0.888. The Balaban J connectivity index is 1.78. The zero-order valence-corrected chi connectivity index (χ0v) is 13.2. The standard InChI is InChI=1S/C18H28N2/c1-18(2)9-6-11-20(12-10-18)16-13-14-7-4-5-8-15(14)17(16)19-3/h4-5,7-8,16-17,19H,6,9-13H2,1-3H3. The van der Waals surface area contributed by atoms with Crippen molar-refractivity contribution in [1.82, 2.24) is 10.2 Å². The monoisotopic (exact) mass is 272 g/mol. The molecule has 2 unspecified atom stereocenters. The van der Waals surface area contributed by atoms with Crippen LogP contribution in [0.4, 0.5) is 0 Å². The molecule has 0 bridgehead atoms. The van der Waals surface area contributed by atoms with Crippen molar-refractivity contribution < 1.29 is 0 Å². The first-order valence-corrected chi connectivity index (χ1v) is 8.10. The van der Waals surface area contributed by atoms with Crippen LogP contribution in [-0.2, 0) is 6.42 Å². The van der Waals surface area contributed by atoms with Crippen molar-refractivity contribution in [3.05, 3.63) is 35.4 Å². The number of hydrogen-bond acceptors (Lipinski definition) is 2. The summed E-state index contributed by atoms with van der Waals surface area (Å²) in [6.45, 7) is 7.37. The summed E-state index contributed by atoms with van der Waals surface area (Å²) in [6.07, 6.45) is 5.25. The van der Waals surface area contributed by atoms with Gasteiger partial charge in [-0.05, 0) is 62.4 Å². The van der Waals surface area contributed by atoms with E-state index in [-0.39, 0.29) is 0 Å². The summed E-state index contributed by atoms with van der Waals surface area (Å²) in [4.78, 5) is 2.75. The molecule has 1 saturated heterocycles. The molecule has 1 aromatic carbocycles. The molecular formula is C18H28N2. The summed E-state index contributed by atoms with van der Waals surface area (Å²) in [5, 5.41) is 3.57. The zero-order chi connectivity index (χ0) is 14.2. The lowest BCUT2D eigenvalue weighted by Crippen LogP contribution is -2.42. The van der Waals surface area contributed by atoms with Crippen molar-refractivity contribution in [2.24, 2.45) is 5.41 Å². The molecule has 0 radical (unpaired) electrons. The van der Waals surface area contributed by atoms with Gasteiger partial charge in [0, 0.05) is 12.1 Å². The van der Waals surface area contributed by atoms with Crippen LogP contribution in [0.5, 0.6) is 0 Å². The van der Waals surface area contributed by atoms with Crippen LogP contribution in [0.2, 0.25) is 0 Å². The van der Waals surface area contributed by atoms with Crippen molar-refractivity contribution >= 4 is 0 Å². The van der Waals surface area contributed by atoms with Gasteiger partial charge in [0.05, 0.1) is 0 Å². The normalized spacial score (nSPS) is 29.9. The average molecular weight is 272 g/mol. The van der Waals surface area contributed by atoms with Crippen molar-refractivity contribution in [1.29, 1.82) is 0 Å². The number of likely N-dealkylation sites (tertiary alicyclic amines) is 1. The number of nitrogens with zero attached hydrogens (tertiary/aromatic N) is 1. The molecule has 2 heteroatoms. The number of benzene rings is 1. The van der Waals surface area contributed by atoms with Crippen LogP contribution in [0.1, 0.15) is 50.3 Å². The summed E-state index contributed by atoms with van der Waals surface area (Å²) in [5.41, 5.74) is 3.58. The molecule has 1 fully saturated rings. The second kappa shape index (κ2) is 5.50. The first kappa shape index (κ1) is 14.1. The Morgan fingerprint density at radius 1 is 1.15 bits per heavy atom. The van der Waals surface area contributed by atoms with E-state index >= 15 is 0 Å². The Hall–Kier alpha value is -0.860. The van der Waals surface area contributed by atoms with E-state index in [1.807, 2.05) is 0 Å². The maximum Gasteiger partial charge on any atom is 0.0481 e. The highest BCUT2D eigenvalue weighted by atomic mass is 15.2. The number of hydrogen-bond donors (Lipinski definition) is 1. The van der Waals surface area contributed by atoms with Crippen LogP contribution in [0.25, 0.3) is 0 Å². The molecule has 2 aliphatic rings. The first-order valence-electron chi connectivity index (χ1n) is 8.10. The summed E-state index contributed by atoms with van der Waals surface area (Å²) in [5.74, 6) is 0. The Morgan fingerprint density at radius 3 is 2.75 bits per heavy atom. The van der Waals surface area contributed by atoms with Gasteiger partial charge in [-0.15, -0.1) is 0 Å². The maximum absolute atomic E-state index is 3.57. The predicted octanol–water partition coefficient (Wildman–Crippen LogP) is 3.38. The van der Waals surface area contributed by atoms with Gasteiger partial charge in [0.1, 0.15) is 0 Å². The number of nitrogens with one attached hydrogen (secondary N) is 1. The third-order valence-corrected chi connectivity index (χ3v) is 5.36. The van der Waals surface area contributed by atoms with Gasteiger partial charge in [-0.3, -0.25) is 4.90 Å². The second-order valence-corrected chi connectivity index (χ2v) is 7.29. The molecule has 1 aromatic rings. The molecule has 3 rings (SSSR count). The summed E-state index contributed by atoms with van der Waals surface area (Å²) >= 11 is 0. The predicted molar refractivity (Wildman–Crippen MR) is 84.9 cm³/mol. The third kappa shape index (κ3) is 2.64. The molecule has 1 heterocycles. The molecule has 20 heavy (non-hydrogen) atoms. The molecule has 110 valence electrons. The van der Waals surface area contributed by atoms with Gasteiger partial charge in [0.15, 0.2) is 0 Å². The van der Waals surface area contributed by atoms with E-state index in [1.54, 1.807) is 5.56 Å². The van der Waals surface area contributed by atoms with E-state index in [1.165, 1.54) is 44.3 Å². The molecule has 1 aliphatic carbocycles. The number of likely N-dealkylation sites (N-methyl/N-ethyl adjacent to an activating group) is 1. The minimum absolute atomic E-state index is 0.507. The van der Waals surface area contributed by atoms with Crippen molar-refractivity contribution in [2.75, 3.05) is 20.1 Å². The molecule has 2 nitrogen and oxygen atoms in total. The highest BCUT2D eigenvalue weighted by Crippen LogP contribution is 2.37. The molecule has 1 aliphatic heterocycles. The molecule has 2 atom stereocenters. The van der Waals surface area contributed by atoms with Crippen molar-refractivity contribution in [3.8, 4) is 0 Å². The van der Waals surface area contributed by atoms with Crippen LogP contribution < -0.4 is 5.32 Å². The van der Waals surface area contributed by atoms with Crippen LogP contribution in [-0.4, -0.2) is 31.1 Å².